The summed E-state index contributed by atoms with van der Waals surface area (Å²) in [5.41, 5.74) is 1.57. The van der Waals surface area contributed by atoms with Gasteiger partial charge in [0.15, 0.2) is 11.0 Å². The highest BCUT2D eigenvalue weighted by Crippen LogP contribution is 2.33. The summed E-state index contributed by atoms with van der Waals surface area (Å²) in [6.07, 6.45) is 0.317. The number of hydrogen-bond donors (Lipinski definition) is 2. The maximum Gasteiger partial charge on any atom is 0.338 e. The van der Waals surface area contributed by atoms with Crippen LogP contribution in [0, 0.1) is 18.6 Å². The average molecular weight is 429 g/mol. The second-order valence-corrected chi connectivity index (χ2v) is 8.05. The van der Waals surface area contributed by atoms with Crippen molar-refractivity contribution in [1.29, 1.82) is 0 Å². The van der Waals surface area contributed by atoms with Gasteiger partial charge in [0.1, 0.15) is 22.3 Å². The largest absolute Gasteiger partial charge is 0.506 e. The number of nitrogens with one attached hydrogen (secondary N) is 1. The number of ether oxygens (including phenoxy) is 1. The van der Waals surface area contributed by atoms with E-state index in [2.05, 4.69) is 4.72 Å². The molecule has 0 radical (unpaired) electrons. The van der Waals surface area contributed by atoms with Crippen molar-refractivity contribution in [3.05, 3.63) is 76.9 Å². The minimum Gasteiger partial charge on any atom is -0.506 e. The molecule has 4 rings (SSSR count). The van der Waals surface area contributed by atoms with Crippen LogP contribution in [-0.2, 0) is 22.1 Å². The Balaban J connectivity index is 1.91. The first-order chi connectivity index (χ1) is 14.3. The molecule has 154 valence electrons. The molecule has 8 heteroatoms. The summed E-state index contributed by atoms with van der Waals surface area (Å²) in [6.45, 7) is 1.57. The van der Waals surface area contributed by atoms with Crippen LogP contribution in [0.4, 0.5) is 14.5 Å². The van der Waals surface area contributed by atoms with E-state index in [1.807, 2.05) is 0 Å². The van der Waals surface area contributed by atoms with E-state index < -0.39 is 28.6 Å². The van der Waals surface area contributed by atoms with Crippen molar-refractivity contribution in [2.45, 2.75) is 18.2 Å². The number of aromatic hydroxyl groups is 1. The molecule has 0 spiro atoms. The Kier molecular flexibility index (Phi) is 5.26. The third kappa shape index (κ3) is 3.66. The van der Waals surface area contributed by atoms with Gasteiger partial charge >= 0.3 is 5.97 Å². The van der Waals surface area contributed by atoms with Crippen LogP contribution in [0.1, 0.15) is 21.5 Å². The van der Waals surface area contributed by atoms with Crippen molar-refractivity contribution in [2.75, 3.05) is 11.3 Å². The van der Waals surface area contributed by atoms with E-state index in [1.54, 1.807) is 31.2 Å². The van der Waals surface area contributed by atoms with Crippen LogP contribution >= 0.6 is 0 Å². The van der Waals surface area contributed by atoms with Crippen LogP contribution in [0.5, 0.6) is 5.75 Å². The molecule has 0 amide bonds. The summed E-state index contributed by atoms with van der Waals surface area (Å²) in [7, 11) is -2.12. The summed E-state index contributed by atoms with van der Waals surface area (Å²) >= 11 is 0. The Bertz CT molecular complexity index is 1200. The Hall–Kier alpha value is -3.26. The molecule has 0 saturated heterocycles. The van der Waals surface area contributed by atoms with Crippen LogP contribution in [-0.4, -0.2) is 21.9 Å². The van der Waals surface area contributed by atoms with E-state index in [1.165, 1.54) is 18.2 Å². The lowest BCUT2D eigenvalue weighted by atomic mass is 9.97. The molecule has 0 saturated carbocycles. The summed E-state index contributed by atoms with van der Waals surface area (Å²) in [5, 5.41) is 10.3. The van der Waals surface area contributed by atoms with Gasteiger partial charge in [-0.15, -0.1) is 0 Å². The molecule has 0 aromatic heterocycles. The number of rotatable bonds is 0. The second kappa shape index (κ2) is 7.87. The fraction of sp³-hybridized carbons (Fsp3) is 0.136. The van der Waals surface area contributed by atoms with Crippen molar-refractivity contribution in [3.63, 3.8) is 0 Å². The number of esters is 1. The first-order valence-corrected chi connectivity index (χ1v) is 10.3. The third-order valence-corrected chi connectivity index (χ3v) is 5.99. The maximum absolute atomic E-state index is 14.6. The van der Waals surface area contributed by atoms with Gasteiger partial charge in [-0.25, -0.2) is 17.8 Å². The Morgan fingerprint density at radius 2 is 1.83 bits per heavy atom. The number of benzene rings is 3. The van der Waals surface area contributed by atoms with Crippen LogP contribution < -0.4 is 4.72 Å². The molecule has 5 nitrogen and oxygen atoms in total. The van der Waals surface area contributed by atoms with E-state index in [0.29, 0.717) is 23.1 Å². The summed E-state index contributed by atoms with van der Waals surface area (Å²) < 4.78 is 49.7. The van der Waals surface area contributed by atoms with Crippen molar-refractivity contribution >= 4 is 22.6 Å². The van der Waals surface area contributed by atoms with Crippen molar-refractivity contribution in [1.82, 2.24) is 0 Å². The minimum atomic E-state index is -2.12. The molecular weight excluding hydrogens is 412 g/mol. The third-order valence-electron chi connectivity index (χ3n) is 4.87. The van der Waals surface area contributed by atoms with Crippen LogP contribution in [0.25, 0.3) is 11.1 Å². The van der Waals surface area contributed by atoms with Gasteiger partial charge in [0.25, 0.3) is 0 Å². The molecule has 4 bridgehead atoms. The molecule has 1 unspecified atom stereocenters. The highest BCUT2D eigenvalue weighted by Gasteiger charge is 2.21. The van der Waals surface area contributed by atoms with E-state index in [4.69, 9.17) is 4.74 Å². The fourth-order valence-electron chi connectivity index (χ4n) is 3.33. The van der Waals surface area contributed by atoms with Gasteiger partial charge in [0.05, 0.1) is 17.9 Å². The van der Waals surface area contributed by atoms with Crippen LogP contribution in [0.2, 0.25) is 0 Å². The molecular formula is C22H17F2NO4S. The number of cyclic esters (lactones) is 1. The number of carbonyl (C=O) groups excluding carboxylic acids is 1. The van der Waals surface area contributed by atoms with Gasteiger partial charge in [-0.05, 0) is 41.8 Å². The second-order valence-electron chi connectivity index (χ2n) is 6.87. The number of anilines is 1. The monoisotopic (exact) mass is 429 g/mol. The number of halogens is 2. The molecule has 1 aliphatic heterocycles. The van der Waals surface area contributed by atoms with Gasteiger partial charge in [-0.1, -0.05) is 24.3 Å². The number of phenolic OH excluding ortho intramolecular Hbond substituents is 1. The zero-order chi connectivity index (χ0) is 21.4. The maximum atomic E-state index is 14.6. The SMILES string of the molecule is Cc1cc2cc(c1O)S(=O)Nc1cc(c(F)cc1F)-c1ccccc1CCOC2=O. The molecule has 2 N–H and O–H groups in total. The summed E-state index contributed by atoms with van der Waals surface area (Å²) in [6, 6.07) is 11.6. The van der Waals surface area contributed by atoms with Crippen molar-refractivity contribution < 1.29 is 27.6 Å². The first-order valence-electron chi connectivity index (χ1n) is 9.11. The van der Waals surface area contributed by atoms with E-state index in [0.717, 1.165) is 6.07 Å². The topological polar surface area (TPSA) is 75.6 Å². The lowest BCUT2D eigenvalue weighted by Crippen LogP contribution is -2.13. The molecule has 3 aromatic carbocycles. The number of fused-ring (bicyclic) bond motifs is 6. The Morgan fingerprint density at radius 3 is 2.63 bits per heavy atom. The smallest absolute Gasteiger partial charge is 0.338 e. The molecule has 1 heterocycles. The van der Waals surface area contributed by atoms with Gasteiger partial charge in [0, 0.05) is 18.1 Å². The number of aryl methyl sites for hydroxylation is 1. The van der Waals surface area contributed by atoms with Crippen LogP contribution in [0.3, 0.4) is 0 Å². The lowest BCUT2D eigenvalue weighted by Gasteiger charge is -2.16. The van der Waals surface area contributed by atoms with Gasteiger partial charge in [-0.2, -0.15) is 0 Å². The normalized spacial score (nSPS) is 16.1. The molecule has 0 fully saturated rings. The van der Waals surface area contributed by atoms with E-state index in [9.17, 15) is 22.9 Å². The van der Waals surface area contributed by atoms with Crippen molar-refractivity contribution in [3.8, 4) is 16.9 Å². The van der Waals surface area contributed by atoms with Gasteiger partial charge in [0.2, 0.25) is 0 Å². The standard InChI is InChI=1S/C22H17F2NO4S/c1-12-8-14-9-20(21(12)26)30(28)25-19-10-16(17(23)11-18(19)24)15-5-3-2-4-13(15)6-7-29-22(14)27/h2-5,8-11,25-26H,6-7H2,1H3. The van der Waals surface area contributed by atoms with Crippen LogP contribution in [0.15, 0.2) is 53.4 Å². The zero-order valence-corrected chi connectivity index (χ0v) is 16.7. The zero-order valence-electron chi connectivity index (χ0n) is 15.9. The Morgan fingerprint density at radius 1 is 1.07 bits per heavy atom. The molecule has 1 aliphatic rings. The van der Waals surface area contributed by atoms with Gasteiger partial charge in [-0.3, -0.25) is 4.72 Å². The van der Waals surface area contributed by atoms with Gasteiger partial charge < -0.3 is 9.84 Å². The number of hydrogen-bond acceptors (Lipinski definition) is 4. The predicted molar refractivity (Wildman–Crippen MR) is 109 cm³/mol. The Labute approximate surface area is 173 Å². The first kappa shape index (κ1) is 20.0. The average Bonchev–Trinajstić information content (AvgIpc) is 2.71. The predicted octanol–water partition coefficient (Wildman–Crippen LogP) is 4.49. The highest BCUT2D eigenvalue weighted by molar-refractivity contribution is 7.86. The summed E-state index contributed by atoms with van der Waals surface area (Å²) in [5.74, 6) is -2.65. The molecule has 1 atom stereocenters. The highest BCUT2D eigenvalue weighted by atomic mass is 32.2. The number of phenols is 1. The lowest BCUT2D eigenvalue weighted by molar-refractivity contribution is 0.0509. The number of carbonyl (C=O) groups is 1. The summed E-state index contributed by atoms with van der Waals surface area (Å²) in [4.78, 5) is 12.4. The van der Waals surface area contributed by atoms with E-state index >= 15 is 0 Å². The molecule has 0 aliphatic carbocycles. The van der Waals surface area contributed by atoms with Crippen molar-refractivity contribution in [2.24, 2.45) is 0 Å². The fourth-order valence-corrected chi connectivity index (χ4v) is 4.37. The molecule has 30 heavy (non-hydrogen) atoms. The minimum absolute atomic E-state index is 0.0299. The quantitative estimate of drug-likeness (QED) is 0.516. The molecule has 3 aromatic rings. The van der Waals surface area contributed by atoms with E-state index in [-0.39, 0.29) is 34.1 Å².